The highest BCUT2D eigenvalue weighted by molar-refractivity contribution is 9.10. The van der Waals surface area contributed by atoms with Crippen LogP contribution in [0.3, 0.4) is 0 Å². The lowest BCUT2D eigenvalue weighted by Gasteiger charge is -2.11. The summed E-state index contributed by atoms with van der Waals surface area (Å²) in [6.45, 7) is 0. The molecule has 20 heavy (non-hydrogen) atoms. The first kappa shape index (κ1) is 14.9. The number of hydrogen-bond acceptors (Lipinski definition) is 7. The second kappa shape index (κ2) is 6.27. The predicted molar refractivity (Wildman–Crippen MR) is 86.7 cm³/mol. The normalized spacial score (nSPS) is 10.6. The van der Waals surface area contributed by atoms with E-state index in [0.717, 1.165) is 15.1 Å². The van der Waals surface area contributed by atoms with Gasteiger partial charge >= 0.3 is 0 Å². The van der Waals surface area contributed by atoms with Crippen LogP contribution < -0.4 is 16.4 Å². The van der Waals surface area contributed by atoms with Gasteiger partial charge in [0.25, 0.3) is 0 Å². The number of aromatic nitrogens is 3. The van der Waals surface area contributed by atoms with Gasteiger partial charge in [0.2, 0.25) is 11.9 Å². The number of nitrogen functional groups attached to an aromatic ring is 2. The third kappa shape index (κ3) is 3.73. The molecule has 0 saturated heterocycles. The third-order valence-electron chi connectivity index (χ3n) is 2.42. The maximum atomic E-state index is 5.93. The molecule has 1 aromatic carbocycles. The Balaban J connectivity index is 2.16. The summed E-state index contributed by atoms with van der Waals surface area (Å²) in [5, 5.41) is 0. The summed E-state index contributed by atoms with van der Waals surface area (Å²) >= 11 is 4.99. The van der Waals surface area contributed by atoms with E-state index >= 15 is 0 Å². The Morgan fingerprint density at radius 1 is 1.20 bits per heavy atom. The molecule has 0 fully saturated rings. The fourth-order valence-electron chi connectivity index (χ4n) is 1.47. The van der Waals surface area contributed by atoms with Crippen LogP contribution in [0.2, 0.25) is 0 Å². The fraction of sp³-hybridized carbons (Fsp3) is 0.250. The van der Waals surface area contributed by atoms with E-state index in [9.17, 15) is 0 Å². The highest BCUT2D eigenvalue weighted by atomic mass is 79.9. The van der Waals surface area contributed by atoms with Crippen molar-refractivity contribution in [1.82, 2.24) is 15.0 Å². The lowest BCUT2D eigenvalue weighted by Crippen LogP contribution is -2.15. The fourth-order valence-corrected chi connectivity index (χ4v) is 2.84. The van der Waals surface area contributed by atoms with Crippen LogP contribution in [-0.2, 0) is 5.75 Å². The molecular formula is C12H15BrN6S. The van der Waals surface area contributed by atoms with E-state index in [-0.39, 0.29) is 5.95 Å². The molecule has 0 saturated carbocycles. The van der Waals surface area contributed by atoms with Crippen molar-refractivity contribution in [2.24, 2.45) is 0 Å². The van der Waals surface area contributed by atoms with Crippen LogP contribution in [0.25, 0.3) is 0 Å². The summed E-state index contributed by atoms with van der Waals surface area (Å²) in [6, 6.07) is 5.74. The molecule has 106 valence electrons. The number of halogens is 1. The summed E-state index contributed by atoms with van der Waals surface area (Å²) < 4.78 is 0.985. The highest BCUT2D eigenvalue weighted by Crippen LogP contribution is 2.30. The van der Waals surface area contributed by atoms with Gasteiger partial charge in [-0.3, -0.25) is 0 Å². The molecule has 0 radical (unpaired) electrons. The minimum Gasteiger partial charge on any atom is -0.398 e. The zero-order valence-electron chi connectivity index (χ0n) is 11.2. The number of nitrogens with two attached hydrogens (primary N) is 2. The molecule has 0 aliphatic rings. The lowest BCUT2D eigenvalue weighted by atomic mass is 10.3. The van der Waals surface area contributed by atoms with Crippen molar-refractivity contribution in [3.05, 3.63) is 28.5 Å². The minimum absolute atomic E-state index is 0.224. The van der Waals surface area contributed by atoms with Gasteiger partial charge < -0.3 is 16.4 Å². The van der Waals surface area contributed by atoms with E-state index in [1.54, 1.807) is 16.7 Å². The van der Waals surface area contributed by atoms with Crippen LogP contribution in [0.4, 0.5) is 17.6 Å². The van der Waals surface area contributed by atoms with Gasteiger partial charge in [-0.15, -0.1) is 11.8 Å². The molecule has 0 aliphatic carbocycles. The zero-order chi connectivity index (χ0) is 14.7. The quantitative estimate of drug-likeness (QED) is 0.641. The van der Waals surface area contributed by atoms with Crippen LogP contribution in [0.5, 0.6) is 0 Å². The monoisotopic (exact) mass is 354 g/mol. The maximum absolute atomic E-state index is 5.93. The second-order valence-corrected chi connectivity index (χ2v) is 6.21. The number of benzene rings is 1. The van der Waals surface area contributed by atoms with Crippen LogP contribution in [-0.4, -0.2) is 29.0 Å². The van der Waals surface area contributed by atoms with Crippen molar-refractivity contribution in [3.63, 3.8) is 0 Å². The molecule has 4 N–H and O–H groups in total. The minimum atomic E-state index is 0.224. The van der Waals surface area contributed by atoms with Crippen molar-refractivity contribution in [1.29, 1.82) is 0 Å². The summed E-state index contributed by atoms with van der Waals surface area (Å²) in [5.41, 5.74) is 12.4. The Bertz CT molecular complexity index is 619. The van der Waals surface area contributed by atoms with E-state index in [1.165, 1.54) is 0 Å². The molecule has 0 spiro atoms. The van der Waals surface area contributed by atoms with Gasteiger partial charge in [0.15, 0.2) is 0 Å². The molecule has 8 heteroatoms. The maximum Gasteiger partial charge on any atom is 0.229 e. The topological polar surface area (TPSA) is 94.0 Å². The smallest absolute Gasteiger partial charge is 0.229 e. The largest absolute Gasteiger partial charge is 0.398 e. The van der Waals surface area contributed by atoms with Crippen molar-refractivity contribution >= 4 is 45.3 Å². The second-order valence-electron chi connectivity index (χ2n) is 4.28. The van der Waals surface area contributed by atoms with Gasteiger partial charge in [-0.05, 0) is 18.2 Å². The molecule has 2 aromatic rings. The standard InChI is InChI=1S/C12H15BrN6S/c1-19(2)12-17-10(16-11(15)18-12)6-20-9-5-7(13)3-4-8(9)14/h3-5H,6,14H2,1-2H3,(H2,15,16,17,18). The van der Waals surface area contributed by atoms with E-state index in [2.05, 4.69) is 30.9 Å². The number of nitrogens with zero attached hydrogens (tertiary/aromatic N) is 4. The van der Waals surface area contributed by atoms with Crippen molar-refractivity contribution in [2.75, 3.05) is 30.5 Å². The molecule has 6 nitrogen and oxygen atoms in total. The molecular weight excluding hydrogens is 340 g/mol. The molecule has 1 heterocycles. The molecule has 2 rings (SSSR count). The molecule has 0 aliphatic heterocycles. The van der Waals surface area contributed by atoms with Gasteiger partial charge in [-0.1, -0.05) is 15.9 Å². The van der Waals surface area contributed by atoms with E-state index in [4.69, 9.17) is 11.5 Å². The van der Waals surface area contributed by atoms with Crippen LogP contribution in [0.1, 0.15) is 5.82 Å². The summed E-state index contributed by atoms with van der Waals surface area (Å²) in [5.74, 6) is 1.98. The van der Waals surface area contributed by atoms with E-state index in [0.29, 0.717) is 17.5 Å². The molecule has 0 unspecified atom stereocenters. The Morgan fingerprint density at radius 3 is 2.65 bits per heavy atom. The average Bonchev–Trinajstić information content (AvgIpc) is 2.39. The van der Waals surface area contributed by atoms with Crippen molar-refractivity contribution in [2.45, 2.75) is 10.6 Å². The average molecular weight is 355 g/mol. The van der Waals surface area contributed by atoms with Gasteiger partial charge in [0.05, 0.1) is 5.75 Å². The molecule has 0 amide bonds. The molecule has 0 bridgehead atoms. The number of hydrogen-bond donors (Lipinski definition) is 2. The Morgan fingerprint density at radius 2 is 1.95 bits per heavy atom. The molecule has 1 aromatic heterocycles. The van der Waals surface area contributed by atoms with Gasteiger partial charge in [-0.25, -0.2) is 0 Å². The van der Waals surface area contributed by atoms with Crippen molar-refractivity contribution < 1.29 is 0 Å². The number of rotatable bonds is 4. The SMILES string of the molecule is CN(C)c1nc(N)nc(CSc2cc(Br)ccc2N)n1. The number of anilines is 3. The molecule has 0 atom stereocenters. The Kier molecular flexibility index (Phi) is 4.66. The van der Waals surface area contributed by atoms with Crippen molar-refractivity contribution in [3.8, 4) is 0 Å². The first-order valence-corrected chi connectivity index (χ1v) is 7.59. The van der Waals surface area contributed by atoms with E-state index < -0.39 is 0 Å². The van der Waals surface area contributed by atoms with Crippen LogP contribution >= 0.6 is 27.7 Å². The highest BCUT2D eigenvalue weighted by Gasteiger charge is 2.08. The van der Waals surface area contributed by atoms with Gasteiger partial charge in [-0.2, -0.15) is 15.0 Å². The number of thioether (sulfide) groups is 1. The first-order valence-electron chi connectivity index (χ1n) is 5.81. The van der Waals surface area contributed by atoms with Crippen LogP contribution in [0, 0.1) is 0 Å². The summed E-state index contributed by atoms with van der Waals surface area (Å²) in [6.07, 6.45) is 0. The predicted octanol–water partition coefficient (Wildman–Crippen LogP) is 2.16. The summed E-state index contributed by atoms with van der Waals surface area (Å²) in [7, 11) is 3.72. The summed E-state index contributed by atoms with van der Waals surface area (Å²) in [4.78, 5) is 15.3. The Labute approximate surface area is 130 Å². The first-order chi connectivity index (χ1) is 9.45. The lowest BCUT2D eigenvalue weighted by molar-refractivity contribution is 0.919. The van der Waals surface area contributed by atoms with E-state index in [1.807, 2.05) is 32.3 Å². The Hall–Kier alpha value is -1.54. The zero-order valence-corrected chi connectivity index (χ0v) is 13.6. The van der Waals surface area contributed by atoms with Crippen LogP contribution in [0.15, 0.2) is 27.6 Å². The van der Waals surface area contributed by atoms with Gasteiger partial charge in [0.1, 0.15) is 5.82 Å². The third-order valence-corrected chi connectivity index (χ3v) is 3.98. The van der Waals surface area contributed by atoms with Gasteiger partial charge in [0, 0.05) is 29.2 Å².